The first-order valence-electron chi connectivity index (χ1n) is 11.4. The molecular weight excluding hydrogens is 496 g/mol. The van der Waals surface area contributed by atoms with E-state index in [0.717, 1.165) is 11.1 Å². The van der Waals surface area contributed by atoms with Gasteiger partial charge >= 0.3 is 11.8 Å². The van der Waals surface area contributed by atoms with Crippen molar-refractivity contribution in [3.63, 3.8) is 0 Å². The monoisotopic (exact) mass is 522 g/mol. The Labute approximate surface area is 219 Å². The van der Waals surface area contributed by atoms with Gasteiger partial charge in [-0.15, -0.1) is 0 Å². The maximum Gasteiger partial charge on any atom is 0.329 e. The van der Waals surface area contributed by atoms with Crippen LogP contribution in [0.5, 0.6) is 11.5 Å². The number of halogens is 1. The number of hydrogen-bond donors (Lipinski definition) is 3. The maximum atomic E-state index is 12.2. The first kappa shape index (κ1) is 27.2. The van der Waals surface area contributed by atoms with Crippen LogP contribution in [-0.4, -0.2) is 37.1 Å². The molecule has 37 heavy (non-hydrogen) atoms. The number of hydrogen-bond acceptors (Lipinski definition) is 6. The highest BCUT2D eigenvalue weighted by Crippen LogP contribution is 2.25. The quantitative estimate of drug-likeness (QED) is 0.218. The van der Waals surface area contributed by atoms with Gasteiger partial charge < -0.3 is 20.1 Å². The largest absolute Gasteiger partial charge is 0.492 e. The van der Waals surface area contributed by atoms with E-state index in [0.29, 0.717) is 35.0 Å². The van der Waals surface area contributed by atoms with E-state index in [1.165, 1.54) is 6.21 Å². The normalized spacial score (nSPS) is 10.6. The lowest BCUT2D eigenvalue weighted by Crippen LogP contribution is -2.32. The minimum atomic E-state index is -0.955. The third-order valence-electron chi connectivity index (χ3n) is 4.99. The van der Waals surface area contributed by atoms with E-state index in [4.69, 9.17) is 21.1 Å². The molecule has 0 aromatic heterocycles. The van der Waals surface area contributed by atoms with Crippen LogP contribution in [0.25, 0.3) is 0 Å². The Morgan fingerprint density at radius 2 is 1.68 bits per heavy atom. The van der Waals surface area contributed by atoms with E-state index >= 15 is 0 Å². The highest BCUT2D eigenvalue weighted by Gasteiger charge is 2.15. The van der Waals surface area contributed by atoms with E-state index < -0.39 is 11.8 Å². The Balaban J connectivity index is 1.50. The number of anilines is 2. The van der Waals surface area contributed by atoms with Gasteiger partial charge in [-0.1, -0.05) is 41.4 Å². The first-order valence-corrected chi connectivity index (χ1v) is 11.8. The number of carbonyl (C=O) groups is 3. The standard InChI is InChI=1S/C27H27ClN4O5/c1-4-36-24-8-6-5-7-22(24)31-26(34)27(35)32-29-15-19-10-12-23(20(28)14-19)37-16-25(33)30-21-11-9-17(2)13-18(21)3/h5-15H,4,16H2,1-3H3,(H,30,33)(H,31,34)(H,32,35)/b29-15-. The predicted octanol–water partition coefficient (Wildman–Crippen LogP) is 4.46. The van der Waals surface area contributed by atoms with Crippen LogP contribution < -0.4 is 25.5 Å². The van der Waals surface area contributed by atoms with Gasteiger partial charge in [0.25, 0.3) is 5.91 Å². The fourth-order valence-corrected chi connectivity index (χ4v) is 3.49. The zero-order valence-electron chi connectivity index (χ0n) is 20.6. The lowest BCUT2D eigenvalue weighted by atomic mass is 10.1. The minimum Gasteiger partial charge on any atom is -0.492 e. The van der Waals surface area contributed by atoms with E-state index in [1.54, 1.807) is 42.5 Å². The van der Waals surface area contributed by atoms with E-state index in [-0.39, 0.29) is 17.5 Å². The Kier molecular flexibility index (Phi) is 9.62. The molecule has 3 N–H and O–H groups in total. The number of ether oxygens (including phenoxy) is 2. The summed E-state index contributed by atoms with van der Waals surface area (Å²) in [6.45, 7) is 5.90. The molecule has 0 aliphatic rings. The predicted molar refractivity (Wildman–Crippen MR) is 143 cm³/mol. The second-order valence-corrected chi connectivity index (χ2v) is 8.33. The van der Waals surface area contributed by atoms with Gasteiger partial charge in [-0.3, -0.25) is 14.4 Å². The highest BCUT2D eigenvalue weighted by molar-refractivity contribution is 6.39. The van der Waals surface area contributed by atoms with Gasteiger partial charge in [0, 0.05) is 5.69 Å². The molecular formula is C27H27ClN4O5. The Morgan fingerprint density at radius 3 is 2.41 bits per heavy atom. The number of nitrogens with zero attached hydrogens (tertiary/aromatic N) is 1. The average molecular weight is 523 g/mol. The van der Waals surface area contributed by atoms with Gasteiger partial charge in [0.05, 0.1) is 23.5 Å². The van der Waals surface area contributed by atoms with Crippen LogP contribution in [0, 0.1) is 13.8 Å². The number of nitrogens with one attached hydrogen (secondary N) is 3. The molecule has 3 amide bonds. The van der Waals surface area contributed by atoms with E-state index in [1.807, 2.05) is 39.0 Å². The van der Waals surface area contributed by atoms with Gasteiger partial charge in [0.1, 0.15) is 11.5 Å². The van der Waals surface area contributed by atoms with Crippen molar-refractivity contribution >= 4 is 46.9 Å². The number of benzene rings is 3. The summed E-state index contributed by atoms with van der Waals surface area (Å²) in [6.07, 6.45) is 1.32. The SMILES string of the molecule is CCOc1ccccc1NC(=O)C(=O)N/N=C\c1ccc(OCC(=O)Nc2ccc(C)cc2C)c(Cl)c1. The van der Waals surface area contributed by atoms with Crippen LogP contribution >= 0.6 is 11.6 Å². The molecule has 0 radical (unpaired) electrons. The van der Waals surface area contributed by atoms with Gasteiger partial charge in [-0.05, 0) is 68.3 Å². The van der Waals surface area contributed by atoms with Crippen LogP contribution in [0.4, 0.5) is 11.4 Å². The zero-order chi connectivity index (χ0) is 26.8. The van der Waals surface area contributed by atoms with Crippen molar-refractivity contribution in [3.8, 4) is 11.5 Å². The summed E-state index contributed by atoms with van der Waals surface area (Å²) >= 11 is 6.26. The van der Waals surface area contributed by atoms with E-state index in [9.17, 15) is 14.4 Å². The summed E-state index contributed by atoms with van der Waals surface area (Å²) in [5.74, 6) is -1.41. The summed E-state index contributed by atoms with van der Waals surface area (Å²) in [5, 5.41) is 9.33. The van der Waals surface area contributed by atoms with Crippen LogP contribution in [0.3, 0.4) is 0 Å². The molecule has 0 heterocycles. The van der Waals surface area contributed by atoms with Gasteiger partial charge in [-0.2, -0.15) is 5.10 Å². The number of para-hydroxylation sites is 2. The highest BCUT2D eigenvalue weighted by atomic mass is 35.5. The maximum absolute atomic E-state index is 12.2. The second-order valence-electron chi connectivity index (χ2n) is 7.93. The molecule has 0 fully saturated rings. The van der Waals surface area contributed by atoms with Crippen molar-refractivity contribution in [1.29, 1.82) is 0 Å². The number of rotatable bonds is 9. The summed E-state index contributed by atoms with van der Waals surface area (Å²) in [5.41, 5.74) is 5.85. The van der Waals surface area contributed by atoms with Crippen molar-refractivity contribution in [3.05, 3.63) is 82.4 Å². The molecule has 0 saturated heterocycles. The summed E-state index contributed by atoms with van der Waals surface area (Å²) < 4.78 is 10.9. The summed E-state index contributed by atoms with van der Waals surface area (Å²) in [7, 11) is 0. The van der Waals surface area contributed by atoms with E-state index in [2.05, 4.69) is 21.2 Å². The van der Waals surface area contributed by atoms with Crippen molar-refractivity contribution < 1.29 is 23.9 Å². The molecule has 10 heteroatoms. The molecule has 3 rings (SSSR count). The molecule has 3 aromatic carbocycles. The smallest absolute Gasteiger partial charge is 0.329 e. The fraction of sp³-hybridized carbons (Fsp3) is 0.185. The number of carbonyl (C=O) groups excluding carboxylic acids is 3. The van der Waals surface area contributed by atoms with Gasteiger partial charge in [0.15, 0.2) is 6.61 Å². The lowest BCUT2D eigenvalue weighted by Gasteiger charge is -2.11. The Hall–Kier alpha value is -4.37. The second kappa shape index (κ2) is 13.1. The number of hydrazone groups is 1. The Morgan fingerprint density at radius 1 is 0.892 bits per heavy atom. The molecule has 9 nitrogen and oxygen atoms in total. The first-order chi connectivity index (χ1) is 17.8. The Bertz CT molecular complexity index is 1330. The zero-order valence-corrected chi connectivity index (χ0v) is 21.4. The molecule has 192 valence electrons. The fourth-order valence-electron chi connectivity index (χ4n) is 3.24. The number of aryl methyl sites for hydroxylation is 2. The third kappa shape index (κ3) is 8.08. The molecule has 0 aliphatic heterocycles. The minimum absolute atomic E-state index is 0.224. The molecule has 0 saturated carbocycles. The van der Waals surface area contributed by atoms with Crippen LogP contribution in [0.2, 0.25) is 5.02 Å². The number of amides is 3. The molecule has 0 atom stereocenters. The van der Waals surface area contributed by atoms with Crippen LogP contribution in [0.1, 0.15) is 23.6 Å². The molecule has 0 unspecified atom stereocenters. The summed E-state index contributed by atoms with van der Waals surface area (Å²) in [6, 6.07) is 17.3. The molecule has 0 aliphatic carbocycles. The molecule has 3 aromatic rings. The summed E-state index contributed by atoms with van der Waals surface area (Å²) in [4.78, 5) is 36.5. The lowest BCUT2D eigenvalue weighted by molar-refractivity contribution is -0.136. The topological polar surface area (TPSA) is 118 Å². The van der Waals surface area contributed by atoms with Crippen molar-refractivity contribution in [2.45, 2.75) is 20.8 Å². The third-order valence-corrected chi connectivity index (χ3v) is 5.29. The van der Waals surface area contributed by atoms with Crippen LogP contribution in [0.15, 0.2) is 65.8 Å². The average Bonchev–Trinajstić information content (AvgIpc) is 2.86. The molecule has 0 bridgehead atoms. The van der Waals surface area contributed by atoms with Gasteiger partial charge in [-0.25, -0.2) is 5.43 Å². The van der Waals surface area contributed by atoms with Crippen LogP contribution in [-0.2, 0) is 14.4 Å². The van der Waals surface area contributed by atoms with Crippen molar-refractivity contribution in [2.24, 2.45) is 5.10 Å². The van der Waals surface area contributed by atoms with Crippen molar-refractivity contribution in [1.82, 2.24) is 5.43 Å². The van der Waals surface area contributed by atoms with Crippen molar-refractivity contribution in [2.75, 3.05) is 23.8 Å². The molecule has 0 spiro atoms. The van der Waals surface area contributed by atoms with Gasteiger partial charge in [0.2, 0.25) is 0 Å².